The summed E-state index contributed by atoms with van der Waals surface area (Å²) < 4.78 is 4.70. The number of aliphatic hydroxyl groups is 1. The zero-order chi connectivity index (χ0) is 9.30. The van der Waals surface area contributed by atoms with Crippen molar-refractivity contribution >= 4 is 11.9 Å². The first-order chi connectivity index (χ1) is 5.52. The van der Waals surface area contributed by atoms with Gasteiger partial charge in [0.05, 0.1) is 6.10 Å². The van der Waals surface area contributed by atoms with E-state index in [1.54, 1.807) is 0 Å². The molecule has 0 spiro atoms. The van der Waals surface area contributed by atoms with Gasteiger partial charge in [-0.25, -0.2) is 0 Å². The lowest BCUT2D eigenvalue weighted by atomic mass is 9.94. The average Bonchev–Trinajstić information content (AvgIpc) is 1.82. The zero-order valence-corrected chi connectivity index (χ0v) is 6.90. The highest BCUT2D eigenvalue weighted by Gasteiger charge is 2.44. The van der Waals surface area contributed by atoms with E-state index in [4.69, 9.17) is 9.84 Å². The van der Waals surface area contributed by atoms with Gasteiger partial charge in [-0.05, 0) is 6.92 Å². The number of rotatable bonds is 2. The molecule has 0 aromatic carbocycles. The van der Waals surface area contributed by atoms with Gasteiger partial charge in [-0.3, -0.25) is 9.59 Å². The molecular formula is C7H11NO4. The summed E-state index contributed by atoms with van der Waals surface area (Å²) in [7, 11) is 0. The predicted molar refractivity (Wildman–Crippen MR) is 38.9 cm³/mol. The monoisotopic (exact) mass is 173 g/mol. The van der Waals surface area contributed by atoms with Crippen LogP contribution in [0.2, 0.25) is 0 Å². The van der Waals surface area contributed by atoms with Crippen molar-refractivity contribution in [2.45, 2.75) is 26.2 Å². The average molecular weight is 173 g/mol. The van der Waals surface area contributed by atoms with Gasteiger partial charge in [0.1, 0.15) is 5.92 Å². The Labute approximate surface area is 69.7 Å². The molecule has 0 aromatic heterocycles. The van der Waals surface area contributed by atoms with E-state index in [-0.39, 0.29) is 5.91 Å². The lowest BCUT2D eigenvalue weighted by Gasteiger charge is -2.36. The Morgan fingerprint density at radius 2 is 2.33 bits per heavy atom. The van der Waals surface area contributed by atoms with Crippen molar-refractivity contribution in [3.8, 4) is 0 Å². The fourth-order valence-electron chi connectivity index (χ4n) is 1.12. The van der Waals surface area contributed by atoms with Crippen LogP contribution in [-0.2, 0) is 14.3 Å². The Hall–Kier alpha value is -1.10. The minimum absolute atomic E-state index is 0.281. The Bertz CT molecular complexity index is 213. The SMILES string of the molecule is CC(=O)O[C@H]1NC(=O)[C@H]1[C@H](C)O. The summed E-state index contributed by atoms with van der Waals surface area (Å²) in [5, 5.41) is 11.4. The van der Waals surface area contributed by atoms with Crippen molar-refractivity contribution in [3.05, 3.63) is 0 Å². The summed E-state index contributed by atoms with van der Waals surface area (Å²) in [6.07, 6.45) is -1.45. The van der Waals surface area contributed by atoms with E-state index in [9.17, 15) is 9.59 Å². The number of carbonyl (C=O) groups is 2. The molecule has 1 fully saturated rings. The number of carbonyl (C=O) groups excluding carboxylic acids is 2. The van der Waals surface area contributed by atoms with Gasteiger partial charge in [0.25, 0.3) is 0 Å². The van der Waals surface area contributed by atoms with Crippen LogP contribution in [-0.4, -0.2) is 29.3 Å². The van der Waals surface area contributed by atoms with Crippen LogP contribution in [0.3, 0.4) is 0 Å². The first kappa shape index (κ1) is 8.99. The van der Waals surface area contributed by atoms with Crippen LogP contribution in [0, 0.1) is 5.92 Å². The van der Waals surface area contributed by atoms with E-state index in [2.05, 4.69) is 5.32 Å². The second-order valence-electron chi connectivity index (χ2n) is 2.81. The number of aliphatic hydroxyl groups excluding tert-OH is 1. The Kier molecular flexibility index (Phi) is 2.32. The van der Waals surface area contributed by atoms with E-state index < -0.39 is 24.2 Å². The third kappa shape index (κ3) is 1.55. The maximum atomic E-state index is 10.8. The van der Waals surface area contributed by atoms with Gasteiger partial charge in [0.2, 0.25) is 5.91 Å². The summed E-state index contributed by atoms with van der Waals surface area (Å²) >= 11 is 0. The van der Waals surface area contributed by atoms with E-state index in [0.717, 1.165) is 0 Å². The molecule has 1 aliphatic rings. The molecule has 0 unspecified atom stereocenters. The van der Waals surface area contributed by atoms with Crippen LogP contribution >= 0.6 is 0 Å². The van der Waals surface area contributed by atoms with Gasteiger partial charge in [0.15, 0.2) is 6.23 Å². The molecule has 12 heavy (non-hydrogen) atoms. The van der Waals surface area contributed by atoms with Gasteiger partial charge in [0, 0.05) is 6.92 Å². The third-order valence-electron chi connectivity index (χ3n) is 1.73. The molecule has 5 nitrogen and oxygen atoms in total. The molecule has 0 bridgehead atoms. The largest absolute Gasteiger partial charge is 0.441 e. The zero-order valence-electron chi connectivity index (χ0n) is 6.90. The second kappa shape index (κ2) is 3.10. The van der Waals surface area contributed by atoms with Crippen molar-refractivity contribution in [2.24, 2.45) is 5.92 Å². The number of nitrogens with one attached hydrogen (secondary N) is 1. The molecule has 0 aromatic rings. The topological polar surface area (TPSA) is 75.6 Å². The molecule has 5 heteroatoms. The summed E-state index contributed by atoms with van der Waals surface area (Å²) in [6, 6.07) is 0. The number of esters is 1. The van der Waals surface area contributed by atoms with Crippen LogP contribution in [0.5, 0.6) is 0 Å². The number of hydrogen-bond acceptors (Lipinski definition) is 4. The highest BCUT2D eigenvalue weighted by Crippen LogP contribution is 2.19. The minimum atomic E-state index is -0.789. The molecule has 0 aliphatic carbocycles. The van der Waals surface area contributed by atoms with Crippen LogP contribution in [0.25, 0.3) is 0 Å². The number of hydrogen-bond donors (Lipinski definition) is 2. The molecule has 0 radical (unpaired) electrons. The highest BCUT2D eigenvalue weighted by atomic mass is 16.6. The third-order valence-corrected chi connectivity index (χ3v) is 1.73. The molecular weight excluding hydrogens is 162 g/mol. The quantitative estimate of drug-likeness (QED) is 0.415. The van der Waals surface area contributed by atoms with Gasteiger partial charge in [-0.2, -0.15) is 0 Å². The molecule has 1 heterocycles. The Morgan fingerprint density at radius 3 is 2.67 bits per heavy atom. The molecule has 0 saturated carbocycles. The molecule has 3 atom stereocenters. The van der Waals surface area contributed by atoms with E-state index >= 15 is 0 Å². The van der Waals surface area contributed by atoms with E-state index in [1.165, 1.54) is 13.8 Å². The number of β-lactam (4-membered cyclic amide) rings is 1. The smallest absolute Gasteiger partial charge is 0.304 e. The van der Waals surface area contributed by atoms with Gasteiger partial charge in [-0.15, -0.1) is 0 Å². The van der Waals surface area contributed by atoms with Crippen molar-refractivity contribution in [2.75, 3.05) is 0 Å². The first-order valence-corrected chi connectivity index (χ1v) is 3.68. The van der Waals surface area contributed by atoms with Gasteiger partial charge in [-0.1, -0.05) is 0 Å². The molecule has 1 amide bonds. The fraction of sp³-hybridized carbons (Fsp3) is 0.714. The summed E-state index contributed by atoms with van der Waals surface area (Å²) in [5.74, 6) is -1.36. The summed E-state index contributed by atoms with van der Waals surface area (Å²) in [6.45, 7) is 2.74. The molecule has 68 valence electrons. The second-order valence-corrected chi connectivity index (χ2v) is 2.81. The molecule has 2 N–H and O–H groups in total. The van der Waals surface area contributed by atoms with E-state index in [0.29, 0.717) is 0 Å². The van der Waals surface area contributed by atoms with Crippen molar-refractivity contribution in [3.63, 3.8) is 0 Å². The van der Waals surface area contributed by atoms with Crippen molar-refractivity contribution in [1.29, 1.82) is 0 Å². The fourth-order valence-corrected chi connectivity index (χ4v) is 1.12. The van der Waals surface area contributed by atoms with Gasteiger partial charge >= 0.3 is 5.97 Å². The molecule has 1 rings (SSSR count). The standard InChI is InChI=1S/C7H11NO4/c1-3(9)5-6(11)8-7(5)12-4(2)10/h3,5,7,9H,1-2H3,(H,8,11)/t3-,5+,7+/m0/s1. The van der Waals surface area contributed by atoms with Crippen LogP contribution in [0.4, 0.5) is 0 Å². The summed E-state index contributed by atoms with van der Waals surface area (Å²) in [4.78, 5) is 21.3. The lowest BCUT2D eigenvalue weighted by molar-refractivity contribution is -0.173. The van der Waals surface area contributed by atoms with Crippen molar-refractivity contribution < 1.29 is 19.4 Å². The van der Waals surface area contributed by atoms with Crippen LogP contribution in [0.1, 0.15) is 13.8 Å². The lowest BCUT2D eigenvalue weighted by Crippen LogP contribution is -2.63. The molecule has 1 aliphatic heterocycles. The predicted octanol–water partition coefficient (Wildman–Crippen LogP) is -0.998. The van der Waals surface area contributed by atoms with Crippen LogP contribution < -0.4 is 5.32 Å². The Balaban J connectivity index is 2.48. The molecule has 1 saturated heterocycles. The van der Waals surface area contributed by atoms with Crippen LogP contribution in [0.15, 0.2) is 0 Å². The van der Waals surface area contributed by atoms with Gasteiger partial charge < -0.3 is 15.2 Å². The normalized spacial score (nSPS) is 30.1. The number of ether oxygens (including phenoxy) is 1. The first-order valence-electron chi connectivity index (χ1n) is 3.68. The van der Waals surface area contributed by atoms with E-state index in [1.807, 2.05) is 0 Å². The minimum Gasteiger partial charge on any atom is -0.441 e. The maximum Gasteiger partial charge on any atom is 0.304 e. The highest BCUT2D eigenvalue weighted by molar-refractivity contribution is 5.86. The summed E-state index contributed by atoms with van der Waals surface area (Å²) in [5.41, 5.74) is 0. The number of amides is 1. The maximum absolute atomic E-state index is 10.8. The van der Waals surface area contributed by atoms with Crippen molar-refractivity contribution in [1.82, 2.24) is 5.32 Å². The Morgan fingerprint density at radius 1 is 1.75 bits per heavy atom.